The van der Waals surface area contributed by atoms with Gasteiger partial charge in [-0.05, 0) is 73.5 Å². The summed E-state index contributed by atoms with van der Waals surface area (Å²) in [6.07, 6.45) is 6.68. The van der Waals surface area contributed by atoms with Gasteiger partial charge in [-0.2, -0.15) is 0 Å². The Morgan fingerprint density at radius 3 is 2.61 bits per heavy atom. The van der Waals surface area contributed by atoms with Crippen molar-refractivity contribution in [3.63, 3.8) is 0 Å². The second kappa shape index (κ2) is 3.88. The normalized spacial score (nSPS) is 51.5. The first-order valence-corrected chi connectivity index (χ1v) is 7.48. The van der Waals surface area contributed by atoms with Crippen molar-refractivity contribution >= 4 is 6.16 Å². The van der Waals surface area contributed by atoms with Crippen molar-refractivity contribution in [2.24, 2.45) is 41.4 Å². The van der Waals surface area contributed by atoms with Gasteiger partial charge in [0.2, 0.25) is 0 Å². The monoisotopic (exact) mass is 250 g/mol. The highest BCUT2D eigenvalue weighted by Gasteiger charge is 2.62. The van der Waals surface area contributed by atoms with E-state index in [0.29, 0.717) is 12.5 Å². The Kier molecular flexibility index (Phi) is 2.40. The van der Waals surface area contributed by atoms with E-state index in [0.717, 1.165) is 35.5 Å². The smallest absolute Gasteiger partial charge is 0.438 e. The van der Waals surface area contributed by atoms with Crippen molar-refractivity contribution in [3.05, 3.63) is 0 Å². The first kappa shape index (κ1) is 11.1. The lowest BCUT2D eigenvalue weighted by Crippen LogP contribution is -2.34. The fraction of sp³-hybridized carbons (Fsp3) is 0.933. The van der Waals surface area contributed by atoms with Crippen molar-refractivity contribution < 1.29 is 14.3 Å². The Balaban J connectivity index is 1.44. The van der Waals surface area contributed by atoms with E-state index in [1.165, 1.54) is 39.2 Å². The van der Waals surface area contributed by atoms with E-state index in [1.54, 1.807) is 0 Å². The molecule has 18 heavy (non-hydrogen) atoms. The summed E-state index contributed by atoms with van der Waals surface area (Å²) in [4.78, 5) is 11.1. The van der Waals surface area contributed by atoms with Gasteiger partial charge < -0.3 is 9.47 Å². The minimum absolute atomic E-state index is 0.512. The summed E-state index contributed by atoms with van der Waals surface area (Å²) in [5.41, 5.74) is 0. The van der Waals surface area contributed by atoms with Gasteiger partial charge in [0, 0.05) is 0 Å². The third-order valence-electron chi connectivity index (χ3n) is 6.45. The molecule has 3 nitrogen and oxygen atoms in total. The van der Waals surface area contributed by atoms with Crippen LogP contribution in [0.1, 0.15) is 32.1 Å². The van der Waals surface area contributed by atoms with Gasteiger partial charge in [-0.3, -0.25) is 0 Å². The molecule has 0 saturated heterocycles. The van der Waals surface area contributed by atoms with Crippen LogP contribution in [0.2, 0.25) is 0 Å². The summed E-state index contributed by atoms with van der Waals surface area (Å²) in [5, 5.41) is 0. The molecule has 4 bridgehead atoms. The standard InChI is InChI=1S/C15H22O3/c1-17-15(16)18-7-11-5-10-6-12(11)14-9-3-2-8(4-9)13(10)14/h8-14H,2-7H2,1H3. The predicted octanol–water partition coefficient (Wildman–Crippen LogP) is 3.09. The van der Waals surface area contributed by atoms with Gasteiger partial charge in [-0.15, -0.1) is 0 Å². The zero-order valence-electron chi connectivity index (χ0n) is 11.0. The molecule has 4 rings (SSSR count). The van der Waals surface area contributed by atoms with Crippen LogP contribution in [0.5, 0.6) is 0 Å². The fourth-order valence-corrected chi connectivity index (χ4v) is 6.13. The molecule has 4 saturated carbocycles. The van der Waals surface area contributed by atoms with Crippen LogP contribution in [0.15, 0.2) is 0 Å². The highest BCUT2D eigenvalue weighted by atomic mass is 16.7. The second-order valence-corrected chi connectivity index (χ2v) is 6.91. The summed E-state index contributed by atoms with van der Waals surface area (Å²) >= 11 is 0. The van der Waals surface area contributed by atoms with E-state index in [4.69, 9.17) is 4.74 Å². The zero-order chi connectivity index (χ0) is 12.3. The van der Waals surface area contributed by atoms with Crippen LogP contribution >= 0.6 is 0 Å². The molecule has 0 aromatic rings. The van der Waals surface area contributed by atoms with Crippen LogP contribution < -0.4 is 0 Å². The zero-order valence-corrected chi connectivity index (χ0v) is 11.0. The summed E-state index contributed by atoms with van der Waals surface area (Å²) < 4.78 is 9.76. The third kappa shape index (κ3) is 1.39. The number of hydrogen-bond donors (Lipinski definition) is 0. The van der Waals surface area contributed by atoms with Gasteiger partial charge in [0.15, 0.2) is 0 Å². The molecule has 0 aromatic heterocycles. The molecule has 0 radical (unpaired) electrons. The Labute approximate surface area is 108 Å². The number of methoxy groups -OCH3 is 1. The summed E-state index contributed by atoms with van der Waals surface area (Å²) in [5.74, 6) is 6.50. The Bertz CT molecular complexity index is 367. The first-order valence-electron chi connectivity index (χ1n) is 7.48. The third-order valence-corrected chi connectivity index (χ3v) is 6.45. The Morgan fingerprint density at radius 1 is 1.06 bits per heavy atom. The number of carbonyl (C=O) groups excluding carboxylic acids is 1. The molecule has 0 amide bonds. The average molecular weight is 250 g/mol. The molecule has 0 spiro atoms. The highest BCUT2D eigenvalue weighted by molar-refractivity contribution is 5.59. The van der Waals surface area contributed by atoms with Gasteiger partial charge in [-0.25, -0.2) is 4.79 Å². The number of hydrogen-bond acceptors (Lipinski definition) is 3. The molecule has 4 aliphatic rings. The molecule has 3 heteroatoms. The second-order valence-electron chi connectivity index (χ2n) is 6.91. The molecule has 0 aliphatic heterocycles. The van der Waals surface area contributed by atoms with Crippen molar-refractivity contribution in [3.8, 4) is 0 Å². The molecule has 100 valence electrons. The van der Waals surface area contributed by atoms with E-state index in [1.807, 2.05) is 0 Å². The minimum Gasteiger partial charge on any atom is -0.438 e. The lowest BCUT2D eigenvalue weighted by Gasteiger charge is -2.38. The molecular weight excluding hydrogens is 228 g/mol. The molecule has 0 aromatic carbocycles. The Morgan fingerprint density at radius 2 is 1.83 bits per heavy atom. The SMILES string of the molecule is COC(=O)OCC1CC2CC1C1C3CCC(C3)C21. The van der Waals surface area contributed by atoms with Crippen molar-refractivity contribution in [2.45, 2.75) is 32.1 Å². The number of carbonyl (C=O) groups is 1. The lowest BCUT2D eigenvalue weighted by molar-refractivity contribution is 0.0284. The molecule has 0 N–H and O–H groups in total. The van der Waals surface area contributed by atoms with Crippen LogP contribution in [0, 0.1) is 41.4 Å². The molecular formula is C15H22O3. The van der Waals surface area contributed by atoms with E-state index in [9.17, 15) is 4.79 Å². The van der Waals surface area contributed by atoms with Crippen LogP contribution in [0.3, 0.4) is 0 Å². The summed E-state index contributed by atoms with van der Waals surface area (Å²) in [6, 6.07) is 0. The maximum absolute atomic E-state index is 11.1. The van der Waals surface area contributed by atoms with Gasteiger partial charge in [0.25, 0.3) is 0 Å². The molecule has 0 heterocycles. The van der Waals surface area contributed by atoms with E-state index in [2.05, 4.69) is 4.74 Å². The van der Waals surface area contributed by atoms with Gasteiger partial charge in [-0.1, -0.05) is 0 Å². The van der Waals surface area contributed by atoms with Crippen molar-refractivity contribution in [1.82, 2.24) is 0 Å². The van der Waals surface area contributed by atoms with Crippen LogP contribution in [-0.2, 0) is 9.47 Å². The lowest BCUT2D eigenvalue weighted by atomic mass is 9.68. The summed E-state index contributed by atoms with van der Waals surface area (Å²) in [6.45, 7) is 0.592. The van der Waals surface area contributed by atoms with Crippen LogP contribution in [0.4, 0.5) is 4.79 Å². The average Bonchev–Trinajstić information content (AvgIpc) is 3.11. The predicted molar refractivity (Wildman–Crippen MR) is 65.9 cm³/mol. The topological polar surface area (TPSA) is 35.5 Å². The van der Waals surface area contributed by atoms with Crippen molar-refractivity contribution in [1.29, 1.82) is 0 Å². The van der Waals surface area contributed by atoms with Crippen LogP contribution in [-0.4, -0.2) is 19.9 Å². The largest absolute Gasteiger partial charge is 0.507 e. The van der Waals surface area contributed by atoms with Gasteiger partial charge in [0.1, 0.15) is 0 Å². The van der Waals surface area contributed by atoms with Crippen LogP contribution in [0.25, 0.3) is 0 Å². The number of fused-ring (bicyclic) bond motifs is 9. The number of rotatable bonds is 2. The fourth-order valence-electron chi connectivity index (χ4n) is 6.13. The van der Waals surface area contributed by atoms with Gasteiger partial charge >= 0.3 is 6.16 Å². The molecule has 4 aliphatic carbocycles. The van der Waals surface area contributed by atoms with E-state index >= 15 is 0 Å². The maximum atomic E-state index is 11.1. The van der Waals surface area contributed by atoms with Gasteiger partial charge in [0.05, 0.1) is 13.7 Å². The number of ether oxygens (including phenoxy) is 2. The first-order chi connectivity index (χ1) is 8.78. The molecule has 7 unspecified atom stereocenters. The molecule has 4 fully saturated rings. The van der Waals surface area contributed by atoms with E-state index < -0.39 is 6.16 Å². The minimum atomic E-state index is -0.512. The molecule has 7 atom stereocenters. The highest BCUT2D eigenvalue weighted by Crippen LogP contribution is 2.68. The maximum Gasteiger partial charge on any atom is 0.507 e. The quantitative estimate of drug-likeness (QED) is 0.558. The van der Waals surface area contributed by atoms with Crippen molar-refractivity contribution in [2.75, 3.05) is 13.7 Å². The summed E-state index contributed by atoms with van der Waals surface area (Å²) in [7, 11) is 1.38. The van der Waals surface area contributed by atoms with E-state index in [-0.39, 0.29) is 0 Å². The Hall–Kier alpha value is -0.730.